The number of thiol groups is 1. The van der Waals surface area contributed by atoms with Gasteiger partial charge in [0.2, 0.25) is 0 Å². The third kappa shape index (κ3) is 4.65. The van der Waals surface area contributed by atoms with E-state index in [1.165, 1.54) is 23.5 Å². The molecule has 0 radical (unpaired) electrons. The third-order valence-corrected chi connectivity index (χ3v) is 4.21. The highest BCUT2D eigenvalue weighted by molar-refractivity contribution is 9.10. The van der Waals surface area contributed by atoms with Crippen LogP contribution in [-0.2, 0) is 0 Å². The molecule has 0 atom stereocenters. The number of alkyl halides is 3. The number of carbonyl (C=O) groups is 1. The van der Waals surface area contributed by atoms with Crippen LogP contribution >= 0.6 is 39.9 Å². The molecule has 1 heterocycles. The Kier molecular flexibility index (Phi) is 4.84. The normalized spacial score (nSPS) is 11.3. The average Bonchev–Trinajstić information content (AvgIpc) is 2.78. The first-order valence-electron chi connectivity index (χ1n) is 5.39. The van der Waals surface area contributed by atoms with Gasteiger partial charge in [-0.05, 0) is 40.2 Å². The molecular formula is C12H7BrF3NO2S2. The Morgan fingerprint density at radius 2 is 2.05 bits per heavy atom. The summed E-state index contributed by atoms with van der Waals surface area (Å²) >= 11 is 8.28. The van der Waals surface area contributed by atoms with Gasteiger partial charge in [0.15, 0.2) is 0 Å². The summed E-state index contributed by atoms with van der Waals surface area (Å²) in [6, 6.07) is 5.36. The van der Waals surface area contributed by atoms with Crippen LogP contribution in [0.1, 0.15) is 9.67 Å². The Bertz CT molecular complexity index is 673. The molecule has 9 heteroatoms. The molecule has 2 aromatic rings. The molecule has 2 rings (SSSR count). The van der Waals surface area contributed by atoms with Crippen LogP contribution in [0.2, 0.25) is 0 Å². The molecule has 0 aliphatic carbocycles. The smallest absolute Gasteiger partial charge is 0.405 e. The summed E-state index contributed by atoms with van der Waals surface area (Å²) in [5.41, 5.74) is 0.343. The van der Waals surface area contributed by atoms with E-state index in [1.807, 2.05) is 0 Å². The highest BCUT2D eigenvalue weighted by atomic mass is 79.9. The van der Waals surface area contributed by atoms with Crippen LogP contribution in [0.5, 0.6) is 5.75 Å². The van der Waals surface area contributed by atoms with Crippen LogP contribution in [0, 0.1) is 0 Å². The number of carbonyl (C=O) groups excluding carboxylic acids is 1. The zero-order valence-electron chi connectivity index (χ0n) is 10.1. The number of hydrogen-bond acceptors (Lipinski definition) is 4. The van der Waals surface area contributed by atoms with Crippen molar-refractivity contribution in [1.82, 2.24) is 0 Å². The molecule has 0 unspecified atom stereocenters. The van der Waals surface area contributed by atoms with Crippen LogP contribution < -0.4 is 10.1 Å². The zero-order valence-corrected chi connectivity index (χ0v) is 13.4. The third-order valence-electron chi connectivity index (χ3n) is 2.22. The predicted octanol–water partition coefficient (Wildman–Crippen LogP) is 4.95. The van der Waals surface area contributed by atoms with Gasteiger partial charge in [-0.25, -0.2) is 0 Å². The minimum absolute atomic E-state index is 0.0821. The number of anilines is 1. The summed E-state index contributed by atoms with van der Waals surface area (Å²) in [6.07, 6.45) is -4.77. The van der Waals surface area contributed by atoms with Crippen LogP contribution in [0.15, 0.2) is 39.0 Å². The number of nitrogens with one attached hydrogen (secondary N) is 1. The molecule has 1 amide bonds. The van der Waals surface area contributed by atoms with Gasteiger partial charge in [-0.3, -0.25) is 4.79 Å². The number of hydrogen-bond donors (Lipinski definition) is 2. The van der Waals surface area contributed by atoms with E-state index in [0.717, 1.165) is 6.07 Å². The monoisotopic (exact) mass is 397 g/mol. The topological polar surface area (TPSA) is 38.3 Å². The van der Waals surface area contributed by atoms with Crippen LogP contribution in [0.25, 0.3) is 0 Å². The lowest BCUT2D eigenvalue weighted by Gasteiger charge is -2.11. The molecule has 3 nitrogen and oxygen atoms in total. The molecule has 0 bridgehead atoms. The van der Waals surface area contributed by atoms with Crippen LogP contribution in [0.4, 0.5) is 18.9 Å². The van der Waals surface area contributed by atoms with Crippen molar-refractivity contribution in [3.05, 3.63) is 39.0 Å². The van der Waals surface area contributed by atoms with Crippen molar-refractivity contribution in [1.29, 1.82) is 0 Å². The van der Waals surface area contributed by atoms with Gasteiger partial charge in [-0.1, -0.05) is 0 Å². The second kappa shape index (κ2) is 6.29. The standard InChI is InChI=1S/C12H7BrF3NO2S2/c13-8-3-6(1-2-9(8)19-12(14,15)16)17-11(18)10-4-7(20)5-21-10/h1-5,20H,(H,17,18). The van der Waals surface area contributed by atoms with E-state index in [0.29, 0.717) is 15.5 Å². The molecule has 1 aromatic heterocycles. The van der Waals surface area contributed by atoms with Gasteiger partial charge in [0.1, 0.15) is 5.75 Å². The van der Waals surface area contributed by atoms with E-state index < -0.39 is 6.36 Å². The lowest BCUT2D eigenvalue weighted by molar-refractivity contribution is -0.274. The fraction of sp³-hybridized carbons (Fsp3) is 0.0833. The molecule has 0 saturated heterocycles. The predicted molar refractivity (Wildman–Crippen MR) is 80.3 cm³/mol. The molecule has 1 N–H and O–H groups in total. The van der Waals surface area contributed by atoms with Crippen LogP contribution in [0.3, 0.4) is 0 Å². The van der Waals surface area contributed by atoms with Gasteiger partial charge >= 0.3 is 6.36 Å². The van der Waals surface area contributed by atoms with Gasteiger partial charge in [0.25, 0.3) is 5.91 Å². The first kappa shape index (κ1) is 16.2. The molecule has 0 aliphatic rings. The summed E-state index contributed by atoms with van der Waals surface area (Å²) in [7, 11) is 0. The van der Waals surface area contributed by atoms with E-state index in [-0.39, 0.29) is 16.1 Å². The molecule has 0 spiro atoms. The molecule has 0 fully saturated rings. The van der Waals surface area contributed by atoms with Crippen molar-refractivity contribution < 1.29 is 22.7 Å². The summed E-state index contributed by atoms with van der Waals surface area (Å²) in [5, 5.41) is 4.28. The van der Waals surface area contributed by atoms with Crippen molar-refractivity contribution in [3.8, 4) is 5.75 Å². The molecule has 0 saturated carbocycles. The number of benzene rings is 1. The quantitative estimate of drug-likeness (QED) is 0.719. The van der Waals surface area contributed by atoms with E-state index in [2.05, 4.69) is 38.6 Å². The minimum atomic E-state index is -4.77. The number of ether oxygens (including phenoxy) is 1. The second-order valence-electron chi connectivity index (χ2n) is 3.82. The average molecular weight is 398 g/mol. The highest BCUT2D eigenvalue weighted by Gasteiger charge is 2.32. The molecule has 0 aliphatic heterocycles. The lowest BCUT2D eigenvalue weighted by Crippen LogP contribution is -2.17. The van der Waals surface area contributed by atoms with Crippen molar-refractivity contribution in [2.24, 2.45) is 0 Å². The number of halogens is 4. The van der Waals surface area contributed by atoms with Crippen molar-refractivity contribution in [2.75, 3.05) is 5.32 Å². The van der Waals surface area contributed by atoms with Crippen molar-refractivity contribution >= 4 is 51.5 Å². The van der Waals surface area contributed by atoms with Gasteiger partial charge in [0.05, 0.1) is 9.35 Å². The zero-order chi connectivity index (χ0) is 15.6. The molecule has 21 heavy (non-hydrogen) atoms. The van der Waals surface area contributed by atoms with E-state index in [4.69, 9.17) is 0 Å². The lowest BCUT2D eigenvalue weighted by atomic mass is 10.3. The first-order valence-corrected chi connectivity index (χ1v) is 7.51. The summed E-state index contributed by atoms with van der Waals surface area (Å²) < 4.78 is 40.3. The fourth-order valence-corrected chi connectivity index (χ4v) is 2.93. The highest BCUT2D eigenvalue weighted by Crippen LogP contribution is 2.32. The Morgan fingerprint density at radius 3 is 2.57 bits per heavy atom. The first-order chi connectivity index (χ1) is 9.74. The second-order valence-corrected chi connectivity index (χ2v) is 6.10. The van der Waals surface area contributed by atoms with Gasteiger partial charge in [-0.2, -0.15) is 0 Å². The Balaban J connectivity index is 2.11. The summed E-state index contributed by atoms with van der Waals surface area (Å²) in [4.78, 5) is 13.0. The van der Waals surface area contributed by atoms with E-state index in [1.54, 1.807) is 11.4 Å². The Morgan fingerprint density at radius 1 is 1.33 bits per heavy atom. The van der Waals surface area contributed by atoms with E-state index in [9.17, 15) is 18.0 Å². The largest absolute Gasteiger partial charge is 0.573 e. The number of thiophene rings is 1. The van der Waals surface area contributed by atoms with Gasteiger partial charge in [-0.15, -0.1) is 37.1 Å². The molecular weight excluding hydrogens is 391 g/mol. The Hall–Kier alpha value is -1.19. The van der Waals surface area contributed by atoms with Crippen molar-refractivity contribution in [2.45, 2.75) is 11.3 Å². The fourth-order valence-electron chi connectivity index (χ4n) is 1.42. The maximum atomic E-state index is 12.1. The minimum Gasteiger partial charge on any atom is -0.405 e. The van der Waals surface area contributed by atoms with Crippen LogP contribution in [-0.4, -0.2) is 12.3 Å². The van der Waals surface area contributed by atoms with Gasteiger partial charge < -0.3 is 10.1 Å². The number of rotatable bonds is 3. The SMILES string of the molecule is O=C(Nc1ccc(OC(F)(F)F)c(Br)c1)c1cc(S)cs1. The maximum Gasteiger partial charge on any atom is 0.573 e. The molecule has 1 aromatic carbocycles. The maximum absolute atomic E-state index is 12.1. The molecule has 112 valence electrons. The van der Waals surface area contributed by atoms with Crippen molar-refractivity contribution in [3.63, 3.8) is 0 Å². The number of amides is 1. The van der Waals surface area contributed by atoms with E-state index >= 15 is 0 Å². The summed E-state index contributed by atoms with van der Waals surface area (Å²) in [6.45, 7) is 0. The Labute approximate surface area is 135 Å². The summed E-state index contributed by atoms with van der Waals surface area (Å²) in [5.74, 6) is -0.744. The van der Waals surface area contributed by atoms with Gasteiger partial charge in [0, 0.05) is 16.0 Å².